The average molecular weight is 285 g/mol. The molecule has 1 aromatic carbocycles. The third kappa shape index (κ3) is 4.24. The first-order valence-corrected chi connectivity index (χ1v) is 6.61. The first-order chi connectivity index (χ1) is 7.67. The smallest absolute Gasteiger partial charge is 0.0234 e. The van der Waals surface area contributed by atoms with E-state index < -0.39 is 0 Å². The van der Waals surface area contributed by atoms with E-state index in [1.165, 1.54) is 18.4 Å². The Hall–Kier alpha value is -0.380. The minimum absolute atomic E-state index is 0.490. The molecule has 0 saturated heterocycles. The molecular formula is C13H21BrN2. The summed E-state index contributed by atoms with van der Waals surface area (Å²) >= 11 is 3.49. The SMILES string of the molecule is CCCC(CN)N(C)Cc1cccc(Br)c1. The second-order valence-electron chi connectivity index (χ2n) is 4.22. The Balaban J connectivity index is 2.58. The van der Waals surface area contributed by atoms with Crippen LogP contribution in [-0.4, -0.2) is 24.5 Å². The predicted molar refractivity (Wildman–Crippen MR) is 73.4 cm³/mol. The number of nitrogens with zero attached hydrogens (tertiary/aromatic N) is 1. The van der Waals surface area contributed by atoms with E-state index in [1.54, 1.807) is 0 Å². The molecule has 0 saturated carbocycles. The molecule has 2 N–H and O–H groups in total. The fourth-order valence-corrected chi connectivity index (χ4v) is 2.35. The molecule has 2 nitrogen and oxygen atoms in total. The summed E-state index contributed by atoms with van der Waals surface area (Å²) in [7, 11) is 2.15. The van der Waals surface area contributed by atoms with Gasteiger partial charge < -0.3 is 5.73 Å². The number of hydrogen-bond acceptors (Lipinski definition) is 2. The topological polar surface area (TPSA) is 29.3 Å². The number of hydrogen-bond donors (Lipinski definition) is 1. The lowest BCUT2D eigenvalue weighted by Crippen LogP contribution is -2.37. The summed E-state index contributed by atoms with van der Waals surface area (Å²) in [6.07, 6.45) is 2.35. The molecule has 0 aromatic heterocycles. The van der Waals surface area contributed by atoms with Crippen molar-refractivity contribution in [3.8, 4) is 0 Å². The van der Waals surface area contributed by atoms with Crippen molar-refractivity contribution in [2.24, 2.45) is 5.73 Å². The fraction of sp³-hybridized carbons (Fsp3) is 0.538. The van der Waals surface area contributed by atoms with Gasteiger partial charge in [-0.1, -0.05) is 41.4 Å². The van der Waals surface area contributed by atoms with Gasteiger partial charge in [0.2, 0.25) is 0 Å². The highest BCUT2D eigenvalue weighted by atomic mass is 79.9. The molecule has 3 heteroatoms. The standard InChI is InChI=1S/C13H21BrN2/c1-3-5-13(9-15)16(2)10-11-6-4-7-12(14)8-11/h4,6-8,13H,3,5,9-10,15H2,1-2H3. The zero-order valence-electron chi connectivity index (χ0n) is 10.1. The van der Waals surface area contributed by atoms with Crippen LogP contribution in [0.3, 0.4) is 0 Å². The molecule has 0 spiro atoms. The van der Waals surface area contributed by atoms with Crippen LogP contribution < -0.4 is 5.73 Å². The van der Waals surface area contributed by atoms with Gasteiger partial charge in [0.1, 0.15) is 0 Å². The summed E-state index contributed by atoms with van der Waals surface area (Å²) < 4.78 is 1.14. The van der Waals surface area contributed by atoms with Gasteiger partial charge in [0, 0.05) is 23.6 Å². The van der Waals surface area contributed by atoms with Crippen LogP contribution in [0.1, 0.15) is 25.3 Å². The number of rotatable bonds is 6. The van der Waals surface area contributed by atoms with Crippen LogP contribution in [0.5, 0.6) is 0 Å². The molecular weight excluding hydrogens is 264 g/mol. The van der Waals surface area contributed by atoms with Crippen LogP contribution >= 0.6 is 15.9 Å². The Morgan fingerprint density at radius 2 is 2.19 bits per heavy atom. The normalized spacial score (nSPS) is 13.1. The van der Waals surface area contributed by atoms with Crippen LogP contribution in [0.4, 0.5) is 0 Å². The molecule has 0 amide bonds. The van der Waals surface area contributed by atoms with Crippen LogP contribution in [0, 0.1) is 0 Å². The molecule has 1 rings (SSSR count). The monoisotopic (exact) mass is 284 g/mol. The second kappa shape index (κ2) is 7.05. The van der Waals surface area contributed by atoms with Crippen molar-refractivity contribution in [2.45, 2.75) is 32.4 Å². The highest BCUT2D eigenvalue weighted by molar-refractivity contribution is 9.10. The van der Waals surface area contributed by atoms with Gasteiger partial charge in [-0.2, -0.15) is 0 Å². The first kappa shape index (κ1) is 13.7. The van der Waals surface area contributed by atoms with E-state index in [-0.39, 0.29) is 0 Å². The Bertz CT molecular complexity index is 315. The minimum Gasteiger partial charge on any atom is -0.329 e. The summed E-state index contributed by atoms with van der Waals surface area (Å²) in [4.78, 5) is 2.34. The van der Waals surface area contributed by atoms with Crippen LogP contribution in [0.25, 0.3) is 0 Å². The van der Waals surface area contributed by atoms with E-state index in [1.807, 2.05) is 0 Å². The van der Waals surface area contributed by atoms with E-state index in [0.29, 0.717) is 6.04 Å². The molecule has 0 bridgehead atoms. The minimum atomic E-state index is 0.490. The van der Waals surface area contributed by atoms with E-state index in [0.717, 1.165) is 17.6 Å². The first-order valence-electron chi connectivity index (χ1n) is 5.82. The highest BCUT2D eigenvalue weighted by Gasteiger charge is 2.11. The zero-order chi connectivity index (χ0) is 12.0. The molecule has 1 atom stereocenters. The highest BCUT2D eigenvalue weighted by Crippen LogP contribution is 2.14. The third-order valence-corrected chi connectivity index (χ3v) is 3.33. The molecule has 0 radical (unpaired) electrons. The Morgan fingerprint density at radius 3 is 2.75 bits per heavy atom. The van der Waals surface area contributed by atoms with Gasteiger partial charge in [-0.25, -0.2) is 0 Å². The summed E-state index contributed by atoms with van der Waals surface area (Å²) in [5, 5.41) is 0. The molecule has 0 aliphatic carbocycles. The van der Waals surface area contributed by atoms with Crippen molar-refractivity contribution in [3.63, 3.8) is 0 Å². The second-order valence-corrected chi connectivity index (χ2v) is 5.14. The van der Waals surface area contributed by atoms with Crippen molar-refractivity contribution in [2.75, 3.05) is 13.6 Å². The summed E-state index contributed by atoms with van der Waals surface area (Å²) in [6, 6.07) is 8.93. The Labute approximate surface area is 107 Å². The van der Waals surface area contributed by atoms with Crippen LogP contribution in [-0.2, 0) is 6.54 Å². The van der Waals surface area contributed by atoms with Crippen molar-refractivity contribution in [3.05, 3.63) is 34.3 Å². The molecule has 0 aliphatic rings. The maximum Gasteiger partial charge on any atom is 0.0234 e. The maximum atomic E-state index is 5.79. The largest absolute Gasteiger partial charge is 0.329 e. The Morgan fingerprint density at radius 1 is 1.44 bits per heavy atom. The number of benzene rings is 1. The fourth-order valence-electron chi connectivity index (χ4n) is 1.90. The van der Waals surface area contributed by atoms with E-state index in [2.05, 4.69) is 59.1 Å². The van der Waals surface area contributed by atoms with Gasteiger partial charge in [-0.15, -0.1) is 0 Å². The van der Waals surface area contributed by atoms with Crippen molar-refractivity contribution in [1.29, 1.82) is 0 Å². The van der Waals surface area contributed by atoms with Gasteiger partial charge in [-0.3, -0.25) is 4.90 Å². The molecule has 1 unspecified atom stereocenters. The maximum absolute atomic E-state index is 5.79. The van der Waals surface area contributed by atoms with E-state index in [4.69, 9.17) is 5.73 Å². The van der Waals surface area contributed by atoms with Crippen molar-refractivity contribution in [1.82, 2.24) is 4.90 Å². The summed E-state index contributed by atoms with van der Waals surface area (Å²) in [5.41, 5.74) is 7.12. The zero-order valence-corrected chi connectivity index (χ0v) is 11.7. The van der Waals surface area contributed by atoms with Gasteiger partial charge >= 0.3 is 0 Å². The average Bonchev–Trinajstić information content (AvgIpc) is 2.25. The Kier molecular flexibility index (Phi) is 6.03. The lowest BCUT2D eigenvalue weighted by Gasteiger charge is -2.26. The van der Waals surface area contributed by atoms with Crippen LogP contribution in [0.2, 0.25) is 0 Å². The van der Waals surface area contributed by atoms with Gasteiger partial charge in [0.05, 0.1) is 0 Å². The molecule has 90 valence electrons. The van der Waals surface area contributed by atoms with Gasteiger partial charge in [-0.05, 0) is 31.2 Å². The summed E-state index contributed by atoms with van der Waals surface area (Å²) in [5.74, 6) is 0. The van der Waals surface area contributed by atoms with E-state index >= 15 is 0 Å². The number of halogens is 1. The number of nitrogens with two attached hydrogens (primary N) is 1. The molecule has 0 aliphatic heterocycles. The van der Waals surface area contributed by atoms with Crippen LogP contribution in [0.15, 0.2) is 28.7 Å². The lowest BCUT2D eigenvalue weighted by atomic mass is 10.1. The lowest BCUT2D eigenvalue weighted by molar-refractivity contribution is 0.226. The molecule has 0 heterocycles. The molecule has 16 heavy (non-hydrogen) atoms. The quantitative estimate of drug-likeness (QED) is 0.870. The van der Waals surface area contributed by atoms with Crippen molar-refractivity contribution < 1.29 is 0 Å². The number of likely N-dealkylation sites (N-methyl/N-ethyl adjacent to an activating group) is 1. The molecule has 1 aromatic rings. The predicted octanol–water partition coefficient (Wildman–Crippen LogP) is 3.01. The molecule has 0 fully saturated rings. The van der Waals surface area contributed by atoms with E-state index in [9.17, 15) is 0 Å². The summed E-state index contributed by atoms with van der Waals surface area (Å²) in [6.45, 7) is 3.90. The third-order valence-electron chi connectivity index (χ3n) is 2.84. The van der Waals surface area contributed by atoms with Crippen molar-refractivity contribution >= 4 is 15.9 Å². The van der Waals surface area contributed by atoms with Gasteiger partial charge in [0.25, 0.3) is 0 Å². The van der Waals surface area contributed by atoms with Gasteiger partial charge in [0.15, 0.2) is 0 Å².